The SMILES string of the molecule is Cc1nc(Nc2cccc(C#N)c2)ccc1Br. The third kappa shape index (κ3) is 2.83. The first-order valence-corrected chi connectivity index (χ1v) is 5.88. The number of nitrogens with one attached hydrogen (secondary N) is 1. The van der Waals surface area contributed by atoms with Crippen molar-refractivity contribution in [1.82, 2.24) is 4.98 Å². The van der Waals surface area contributed by atoms with Gasteiger partial charge < -0.3 is 5.32 Å². The summed E-state index contributed by atoms with van der Waals surface area (Å²) < 4.78 is 0.980. The summed E-state index contributed by atoms with van der Waals surface area (Å²) >= 11 is 3.40. The smallest absolute Gasteiger partial charge is 0.130 e. The first-order chi connectivity index (χ1) is 8.19. The molecule has 0 saturated heterocycles. The van der Waals surface area contributed by atoms with Crippen LogP contribution in [-0.2, 0) is 0 Å². The normalized spacial score (nSPS) is 9.71. The van der Waals surface area contributed by atoms with Gasteiger partial charge in [0.2, 0.25) is 0 Å². The van der Waals surface area contributed by atoms with Crippen LogP contribution in [0, 0.1) is 18.3 Å². The van der Waals surface area contributed by atoms with E-state index < -0.39 is 0 Å². The highest BCUT2D eigenvalue weighted by Gasteiger charge is 2.00. The van der Waals surface area contributed by atoms with Crippen molar-refractivity contribution >= 4 is 27.4 Å². The molecule has 0 bridgehead atoms. The molecule has 1 N–H and O–H groups in total. The quantitative estimate of drug-likeness (QED) is 0.915. The Morgan fingerprint density at radius 3 is 2.82 bits per heavy atom. The largest absolute Gasteiger partial charge is 0.340 e. The first kappa shape index (κ1) is 11.6. The number of aromatic nitrogens is 1. The van der Waals surface area contributed by atoms with E-state index in [1.165, 1.54) is 0 Å². The topological polar surface area (TPSA) is 48.7 Å². The van der Waals surface area contributed by atoms with Crippen molar-refractivity contribution < 1.29 is 0 Å². The van der Waals surface area contributed by atoms with Gasteiger partial charge in [0.15, 0.2) is 0 Å². The van der Waals surface area contributed by atoms with Crippen molar-refractivity contribution in [3.8, 4) is 6.07 Å². The fourth-order valence-corrected chi connectivity index (χ4v) is 1.65. The number of aryl methyl sites for hydroxylation is 1. The van der Waals surface area contributed by atoms with Crippen LogP contribution in [0.3, 0.4) is 0 Å². The van der Waals surface area contributed by atoms with Gasteiger partial charge in [-0.25, -0.2) is 4.98 Å². The number of nitrogens with zero attached hydrogens (tertiary/aromatic N) is 2. The van der Waals surface area contributed by atoms with E-state index in [2.05, 4.69) is 32.3 Å². The Bertz CT molecular complexity index is 587. The van der Waals surface area contributed by atoms with Crippen LogP contribution < -0.4 is 5.32 Å². The van der Waals surface area contributed by atoms with Gasteiger partial charge in [0, 0.05) is 10.2 Å². The Kier molecular flexibility index (Phi) is 3.40. The molecule has 2 aromatic rings. The molecule has 1 aromatic carbocycles. The predicted molar refractivity (Wildman–Crippen MR) is 71.1 cm³/mol. The van der Waals surface area contributed by atoms with E-state index in [9.17, 15) is 0 Å². The number of benzene rings is 1. The number of pyridine rings is 1. The molecule has 0 unspecified atom stereocenters. The molecule has 0 aliphatic carbocycles. The summed E-state index contributed by atoms with van der Waals surface area (Å²) in [4.78, 5) is 4.38. The Balaban J connectivity index is 2.25. The molecule has 17 heavy (non-hydrogen) atoms. The van der Waals surface area contributed by atoms with Crippen molar-refractivity contribution in [2.45, 2.75) is 6.92 Å². The first-order valence-electron chi connectivity index (χ1n) is 5.09. The zero-order valence-electron chi connectivity index (χ0n) is 9.24. The summed E-state index contributed by atoms with van der Waals surface area (Å²) in [5, 5.41) is 12.0. The van der Waals surface area contributed by atoms with Gasteiger partial charge in [0.1, 0.15) is 5.82 Å². The lowest BCUT2D eigenvalue weighted by atomic mass is 10.2. The summed E-state index contributed by atoms with van der Waals surface area (Å²) in [5.41, 5.74) is 2.41. The number of halogens is 1. The van der Waals surface area contributed by atoms with Crippen LogP contribution >= 0.6 is 15.9 Å². The summed E-state index contributed by atoms with van der Waals surface area (Å²) in [6.07, 6.45) is 0. The van der Waals surface area contributed by atoms with Crippen LogP contribution in [0.2, 0.25) is 0 Å². The van der Waals surface area contributed by atoms with Crippen LogP contribution in [0.25, 0.3) is 0 Å². The van der Waals surface area contributed by atoms with E-state index in [-0.39, 0.29) is 0 Å². The van der Waals surface area contributed by atoms with Crippen molar-refractivity contribution in [2.75, 3.05) is 5.32 Å². The zero-order chi connectivity index (χ0) is 12.3. The molecular weight excluding hydrogens is 278 g/mol. The molecular formula is C13H10BrN3. The Labute approximate surface area is 108 Å². The van der Waals surface area contributed by atoms with Crippen molar-refractivity contribution in [1.29, 1.82) is 5.26 Å². The van der Waals surface area contributed by atoms with Gasteiger partial charge in [-0.15, -0.1) is 0 Å². The minimum atomic E-state index is 0.629. The summed E-state index contributed by atoms with van der Waals surface area (Å²) in [6, 6.07) is 13.2. The average molecular weight is 288 g/mol. The highest BCUT2D eigenvalue weighted by Crippen LogP contribution is 2.20. The number of hydrogen-bond donors (Lipinski definition) is 1. The molecule has 0 amide bonds. The molecule has 0 fully saturated rings. The maximum absolute atomic E-state index is 8.81. The molecule has 0 aliphatic heterocycles. The molecule has 4 heteroatoms. The van der Waals surface area contributed by atoms with Crippen molar-refractivity contribution in [3.05, 3.63) is 52.1 Å². The van der Waals surface area contributed by atoms with Gasteiger partial charge >= 0.3 is 0 Å². The Morgan fingerprint density at radius 1 is 1.29 bits per heavy atom. The van der Waals surface area contributed by atoms with Crippen LogP contribution in [0.4, 0.5) is 11.5 Å². The molecule has 0 radical (unpaired) electrons. The monoisotopic (exact) mass is 287 g/mol. The van der Waals surface area contributed by atoms with E-state index in [1.807, 2.05) is 31.2 Å². The highest BCUT2D eigenvalue weighted by atomic mass is 79.9. The summed E-state index contributed by atoms with van der Waals surface area (Å²) in [7, 11) is 0. The van der Waals surface area contributed by atoms with Gasteiger partial charge in [-0.05, 0) is 53.2 Å². The highest BCUT2D eigenvalue weighted by molar-refractivity contribution is 9.10. The lowest BCUT2D eigenvalue weighted by Crippen LogP contribution is -1.95. The average Bonchev–Trinajstić information content (AvgIpc) is 2.34. The van der Waals surface area contributed by atoms with E-state index in [1.54, 1.807) is 12.1 Å². The number of rotatable bonds is 2. The van der Waals surface area contributed by atoms with Crippen LogP contribution in [0.5, 0.6) is 0 Å². The molecule has 0 atom stereocenters. The predicted octanol–water partition coefficient (Wildman–Crippen LogP) is 3.77. The second-order valence-corrected chi connectivity index (χ2v) is 4.44. The third-order valence-corrected chi connectivity index (χ3v) is 3.12. The van der Waals surface area contributed by atoms with Crippen LogP contribution in [-0.4, -0.2) is 4.98 Å². The standard InChI is InChI=1S/C13H10BrN3/c1-9-12(14)5-6-13(16-9)17-11-4-2-3-10(7-11)8-15/h2-7H,1H3,(H,16,17). The molecule has 1 heterocycles. The second-order valence-electron chi connectivity index (χ2n) is 3.58. The van der Waals surface area contributed by atoms with Gasteiger partial charge in [0.25, 0.3) is 0 Å². The van der Waals surface area contributed by atoms with Gasteiger partial charge in [-0.1, -0.05) is 6.07 Å². The summed E-state index contributed by atoms with van der Waals surface area (Å²) in [5.74, 6) is 0.765. The molecule has 84 valence electrons. The maximum Gasteiger partial charge on any atom is 0.130 e. The van der Waals surface area contributed by atoms with Crippen molar-refractivity contribution in [3.63, 3.8) is 0 Å². The van der Waals surface area contributed by atoms with Gasteiger partial charge in [-0.3, -0.25) is 0 Å². The van der Waals surface area contributed by atoms with Crippen molar-refractivity contribution in [2.24, 2.45) is 0 Å². The van der Waals surface area contributed by atoms with E-state index in [4.69, 9.17) is 5.26 Å². The molecule has 2 rings (SSSR count). The number of nitriles is 1. The summed E-state index contributed by atoms with van der Waals surface area (Å²) in [6.45, 7) is 1.93. The molecule has 0 saturated carbocycles. The van der Waals surface area contributed by atoms with Crippen LogP contribution in [0.15, 0.2) is 40.9 Å². The second kappa shape index (κ2) is 4.98. The lowest BCUT2D eigenvalue weighted by molar-refractivity contribution is 1.18. The Hall–Kier alpha value is -1.86. The van der Waals surface area contributed by atoms with E-state index in [0.717, 1.165) is 21.7 Å². The molecule has 0 spiro atoms. The van der Waals surface area contributed by atoms with E-state index in [0.29, 0.717) is 5.56 Å². The van der Waals surface area contributed by atoms with Gasteiger partial charge in [-0.2, -0.15) is 5.26 Å². The fourth-order valence-electron chi connectivity index (χ4n) is 1.43. The van der Waals surface area contributed by atoms with Crippen LogP contribution in [0.1, 0.15) is 11.3 Å². The van der Waals surface area contributed by atoms with E-state index >= 15 is 0 Å². The lowest BCUT2D eigenvalue weighted by Gasteiger charge is -2.07. The number of anilines is 2. The molecule has 0 aliphatic rings. The maximum atomic E-state index is 8.81. The minimum absolute atomic E-state index is 0.629. The molecule has 3 nitrogen and oxygen atoms in total. The number of hydrogen-bond acceptors (Lipinski definition) is 3. The van der Waals surface area contributed by atoms with Gasteiger partial charge in [0.05, 0.1) is 17.3 Å². The molecule has 1 aromatic heterocycles. The fraction of sp³-hybridized carbons (Fsp3) is 0.0769. The minimum Gasteiger partial charge on any atom is -0.340 e. The Morgan fingerprint density at radius 2 is 2.12 bits per heavy atom. The third-order valence-electron chi connectivity index (χ3n) is 2.29. The zero-order valence-corrected chi connectivity index (χ0v) is 10.8.